The molecular weight excluding hydrogens is 228 g/mol. The minimum absolute atomic E-state index is 0.000860. The Kier molecular flexibility index (Phi) is 3.97. The summed E-state index contributed by atoms with van der Waals surface area (Å²) in [6, 6.07) is 4.02. The summed E-state index contributed by atoms with van der Waals surface area (Å²) in [5.74, 6) is 0.151. The Hall–Kier alpha value is -1.42. The van der Waals surface area contributed by atoms with E-state index in [1.54, 1.807) is 12.4 Å². The second-order valence-electron chi connectivity index (χ2n) is 5.24. The minimum Gasteiger partial charge on any atom is -0.393 e. The van der Waals surface area contributed by atoms with Gasteiger partial charge in [0.05, 0.1) is 6.10 Å². The van der Waals surface area contributed by atoms with Gasteiger partial charge in [-0.3, -0.25) is 9.78 Å². The fourth-order valence-corrected chi connectivity index (χ4v) is 2.23. The number of pyridine rings is 1. The predicted octanol–water partition coefficient (Wildman–Crippen LogP) is 1.59. The normalized spacial score (nSPS) is 22.7. The van der Waals surface area contributed by atoms with Gasteiger partial charge in [0.2, 0.25) is 5.91 Å². The van der Waals surface area contributed by atoms with Crippen LogP contribution in [0.3, 0.4) is 0 Å². The molecule has 1 amide bonds. The van der Waals surface area contributed by atoms with Crippen molar-refractivity contribution in [3.63, 3.8) is 0 Å². The van der Waals surface area contributed by atoms with E-state index >= 15 is 0 Å². The average Bonchev–Trinajstić information content (AvgIpc) is 2.32. The molecule has 0 spiro atoms. The molecule has 2 rings (SSSR count). The number of aromatic nitrogens is 1. The minimum atomic E-state index is -0.286. The number of aliphatic hydroxyl groups excluding tert-OH is 1. The van der Waals surface area contributed by atoms with Crippen molar-refractivity contribution in [3.8, 4) is 0 Å². The molecule has 18 heavy (non-hydrogen) atoms. The summed E-state index contributed by atoms with van der Waals surface area (Å²) in [6.45, 7) is 4.63. The lowest BCUT2D eigenvalue weighted by molar-refractivity contribution is -0.144. The third kappa shape index (κ3) is 2.88. The van der Waals surface area contributed by atoms with Gasteiger partial charge in [-0.25, -0.2) is 0 Å². The topological polar surface area (TPSA) is 53.4 Å². The maximum atomic E-state index is 12.3. The summed E-state index contributed by atoms with van der Waals surface area (Å²) in [5.41, 5.74) is 1.04. The lowest BCUT2D eigenvalue weighted by atomic mass is 9.81. The Balaban J connectivity index is 2.02. The van der Waals surface area contributed by atoms with Crippen LogP contribution in [0.4, 0.5) is 0 Å². The summed E-state index contributed by atoms with van der Waals surface area (Å²) >= 11 is 0. The lowest BCUT2D eigenvalue weighted by Gasteiger charge is -2.36. The highest BCUT2D eigenvalue weighted by Crippen LogP contribution is 2.30. The third-order valence-corrected chi connectivity index (χ3v) is 3.44. The van der Waals surface area contributed by atoms with Crippen LogP contribution in [0.25, 0.3) is 0 Å². The van der Waals surface area contributed by atoms with Gasteiger partial charge in [0.25, 0.3) is 0 Å². The predicted molar refractivity (Wildman–Crippen MR) is 68.7 cm³/mol. The van der Waals surface area contributed by atoms with Gasteiger partial charge in [0.1, 0.15) is 0 Å². The van der Waals surface area contributed by atoms with Crippen molar-refractivity contribution < 1.29 is 9.90 Å². The number of hydrogen-bond donors (Lipinski definition) is 1. The van der Waals surface area contributed by atoms with Crippen LogP contribution < -0.4 is 0 Å². The largest absolute Gasteiger partial charge is 0.393 e. The first-order chi connectivity index (χ1) is 8.58. The van der Waals surface area contributed by atoms with Gasteiger partial charge in [0, 0.05) is 30.9 Å². The molecule has 1 heterocycles. The summed E-state index contributed by atoms with van der Waals surface area (Å²) in [4.78, 5) is 18.2. The van der Waals surface area contributed by atoms with Crippen molar-refractivity contribution in [2.75, 3.05) is 0 Å². The second-order valence-corrected chi connectivity index (χ2v) is 5.24. The van der Waals surface area contributed by atoms with E-state index in [4.69, 9.17) is 0 Å². The first-order valence-corrected chi connectivity index (χ1v) is 6.45. The first kappa shape index (κ1) is 13.0. The van der Waals surface area contributed by atoms with Crippen LogP contribution in [0.2, 0.25) is 0 Å². The molecule has 0 radical (unpaired) electrons. The zero-order chi connectivity index (χ0) is 13.1. The molecule has 98 valence electrons. The number of amides is 1. The molecule has 1 aliphatic carbocycles. The zero-order valence-electron chi connectivity index (χ0n) is 10.9. The molecule has 1 saturated carbocycles. The summed E-state index contributed by atoms with van der Waals surface area (Å²) in [5, 5.41) is 9.30. The van der Waals surface area contributed by atoms with Crippen molar-refractivity contribution in [1.82, 2.24) is 9.88 Å². The van der Waals surface area contributed by atoms with Gasteiger partial charge in [-0.2, -0.15) is 0 Å². The lowest BCUT2D eigenvalue weighted by Crippen LogP contribution is -2.46. The van der Waals surface area contributed by atoms with E-state index in [9.17, 15) is 9.90 Å². The summed E-state index contributed by atoms with van der Waals surface area (Å²) in [6.07, 6.45) is 4.45. The standard InChI is InChI=1S/C14H20N2O2/c1-10(2)16(9-11-4-3-5-15-8-11)14(18)12-6-13(17)7-12/h3-5,8,10,12-13,17H,6-7,9H2,1-2H3. The number of aliphatic hydroxyl groups is 1. The Morgan fingerprint density at radius 3 is 2.78 bits per heavy atom. The third-order valence-electron chi connectivity index (χ3n) is 3.44. The Bertz CT molecular complexity index is 400. The van der Waals surface area contributed by atoms with E-state index < -0.39 is 0 Å². The molecule has 0 saturated heterocycles. The number of carbonyl (C=O) groups excluding carboxylic acids is 1. The van der Waals surface area contributed by atoms with E-state index in [-0.39, 0.29) is 24.0 Å². The Morgan fingerprint density at radius 2 is 2.28 bits per heavy atom. The molecule has 4 nitrogen and oxygen atoms in total. The quantitative estimate of drug-likeness (QED) is 0.880. The molecule has 4 heteroatoms. The fourth-order valence-electron chi connectivity index (χ4n) is 2.23. The highest BCUT2D eigenvalue weighted by atomic mass is 16.3. The molecule has 1 aliphatic rings. The Labute approximate surface area is 108 Å². The van der Waals surface area contributed by atoms with Gasteiger partial charge >= 0.3 is 0 Å². The molecule has 1 fully saturated rings. The molecule has 0 aliphatic heterocycles. The van der Waals surface area contributed by atoms with Gasteiger partial charge in [0.15, 0.2) is 0 Å². The van der Waals surface area contributed by atoms with Crippen molar-refractivity contribution in [2.45, 2.75) is 45.4 Å². The molecule has 0 aromatic carbocycles. The smallest absolute Gasteiger partial charge is 0.226 e. The fraction of sp³-hybridized carbons (Fsp3) is 0.571. The highest BCUT2D eigenvalue weighted by Gasteiger charge is 2.36. The molecule has 0 unspecified atom stereocenters. The molecular formula is C14H20N2O2. The monoisotopic (exact) mass is 248 g/mol. The van der Waals surface area contributed by atoms with Gasteiger partial charge in [-0.15, -0.1) is 0 Å². The SMILES string of the molecule is CC(C)N(Cc1cccnc1)C(=O)C1CC(O)C1. The number of carbonyl (C=O) groups is 1. The van der Waals surface area contributed by atoms with Crippen LogP contribution in [-0.4, -0.2) is 33.0 Å². The number of rotatable bonds is 4. The van der Waals surface area contributed by atoms with Crippen molar-refractivity contribution in [3.05, 3.63) is 30.1 Å². The van der Waals surface area contributed by atoms with E-state index in [0.29, 0.717) is 19.4 Å². The zero-order valence-corrected chi connectivity index (χ0v) is 10.9. The van der Waals surface area contributed by atoms with E-state index in [1.807, 2.05) is 30.9 Å². The maximum Gasteiger partial charge on any atom is 0.226 e. The van der Waals surface area contributed by atoms with Crippen LogP contribution in [0, 0.1) is 5.92 Å². The summed E-state index contributed by atoms with van der Waals surface area (Å²) < 4.78 is 0. The second kappa shape index (κ2) is 5.48. The van der Waals surface area contributed by atoms with Crippen LogP contribution in [0.1, 0.15) is 32.3 Å². The van der Waals surface area contributed by atoms with E-state index in [1.165, 1.54) is 0 Å². The van der Waals surface area contributed by atoms with Crippen molar-refractivity contribution in [2.24, 2.45) is 5.92 Å². The van der Waals surface area contributed by atoms with E-state index in [2.05, 4.69) is 4.98 Å². The molecule has 0 atom stereocenters. The first-order valence-electron chi connectivity index (χ1n) is 6.45. The van der Waals surface area contributed by atoms with Crippen LogP contribution in [0.15, 0.2) is 24.5 Å². The van der Waals surface area contributed by atoms with Crippen molar-refractivity contribution in [1.29, 1.82) is 0 Å². The molecule has 1 aromatic heterocycles. The van der Waals surface area contributed by atoms with Gasteiger partial charge < -0.3 is 10.0 Å². The van der Waals surface area contributed by atoms with Crippen LogP contribution >= 0.6 is 0 Å². The van der Waals surface area contributed by atoms with Gasteiger partial charge in [-0.05, 0) is 38.3 Å². The average molecular weight is 248 g/mol. The maximum absolute atomic E-state index is 12.3. The van der Waals surface area contributed by atoms with E-state index in [0.717, 1.165) is 5.56 Å². The molecule has 0 bridgehead atoms. The van der Waals surface area contributed by atoms with Gasteiger partial charge in [-0.1, -0.05) is 6.07 Å². The highest BCUT2D eigenvalue weighted by molar-refractivity contribution is 5.80. The van der Waals surface area contributed by atoms with Crippen LogP contribution in [0.5, 0.6) is 0 Å². The summed E-state index contributed by atoms with van der Waals surface area (Å²) in [7, 11) is 0. The molecule has 1 N–H and O–H groups in total. The number of hydrogen-bond acceptors (Lipinski definition) is 3. The molecule has 1 aromatic rings. The van der Waals surface area contributed by atoms with Crippen molar-refractivity contribution >= 4 is 5.91 Å². The number of nitrogens with zero attached hydrogens (tertiary/aromatic N) is 2. The van der Waals surface area contributed by atoms with Crippen LogP contribution in [-0.2, 0) is 11.3 Å². The Morgan fingerprint density at radius 1 is 1.56 bits per heavy atom.